The van der Waals surface area contributed by atoms with Crippen LogP contribution in [0, 0.1) is 6.92 Å². The van der Waals surface area contributed by atoms with Crippen LogP contribution in [0.5, 0.6) is 0 Å². The van der Waals surface area contributed by atoms with Crippen molar-refractivity contribution in [2.75, 3.05) is 0 Å². The highest BCUT2D eigenvalue weighted by molar-refractivity contribution is 5.78. The van der Waals surface area contributed by atoms with E-state index in [9.17, 15) is 0 Å². The topological polar surface area (TPSA) is 17.8 Å². The summed E-state index contributed by atoms with van der Waals surface area (Å²) in [6, 6.07) is 6.78. The minimum Gasteiger partial charge on any atom is -0.328 e. The molecule has 0 amide bonds. The fourth-order valence-corrected chi connectivity index (χ4v) is 1.61. The molecule has 2 nitrogen and oxygen atoms in total. The molecule has 0 fully saturated rings. The molecule has 1 heterocycles. The fourth-order valence-electron chi connectivity index (χ4n) is 1.61. The number of benzene rings is 1. The summed E-state index contributed by atoms with van der Waals surface area (Å²) in [5.41, 5.74) is 3.60. The van der Waals surface area contributed by atoms with Crippen LogP contribution in [0.3, 0.4) is 0 Å². The molecule has 0 bridgehead atoms. The average Bonchev–Trinajstić information content (AvgIpc) is 2.48. The van der Waals surface area contributed by atoms with Gasteiger partial charge in [-0.2, -0.15) is 0 Å². The number of fused-ring (bicyclic) bond motifs is 1. The van der Waals surface area contributed by atoms with Crippen molar-refractivity contribution in [3.05, 3.63) is 30.1 Å². The summed E-state index contributed by atoms with van der Waals surface area (Å²) in [6.07, 6.45) is 1.92. The first-order valence-corrected chi connectivity index (χ1v) is 4.62. The average molecular weight is 174 g/mol. The number of para-hydroxylation sites is 1. The Balaban J connectivity index is 2.75. The lowest BCUT2D eigenvalue weighted by atomic mass is 10.2. The zero-order valence-electron chi connectivity index (χ0n) is 8.28. The molecule has 68 valence electrons. The lowest BCUT2D eigenvalue weighted by Gasteiger charge is -2.07. The van der Waals surface area contributed by atoms with Gasteiger partial charge in [-0.15, -0.1) is 0 Å². The van der Waals surface area contributed by atoms with Crippen molar-refractivity contribution in [2.45, 2.75) is 26.8 Å². The second-order valence-corrected chi connectivity index (χ2v) is 3.69. The highest BCUT2D eigenvalue weighted by atomic mass is 15.1. The van der Waals surface area contributed by atoms with Gasteiger partial charge in [-0.05, 0) is 32.4 Å². The minimum absolute atomic E-state index is 0.479. The van der Waals surface area contributed by atoms with Crippen molar-refractivity contribution >= 4 is 11.0 Å². The molecule has 0 aliphatic rings. The number of nitrogens with zero attached hydrogens (tertiary/aromatic N) is 2. The second-order valence-electron chi connectivity index (χ2n) is 3.69. The van der Waals surface area contributed by atoms with Gasteiger partial charge in [-0.25, -0.2) is 4.98 Å². The van der Waals surface area contributed by atoms with Gasteiger partial charge in [0.15, 0.2) is 0 Å². The Kier molecular flexibility index (Phi) is 1.83. The first-order valence-electron chi connectivity index (χ1n) is 4.62. The number of rotatable bonds is 1. The summed E-state index contributed by atoms with van der Waals surface area (Å²) >= 11 is 0. The first kappa shape index (κ1) is 8.30. The maximum atomic E-state index is 4.40. The molecular weight excluding hydrogens is 160 g/mol. The molecule has 0 aliphatic heterocycles. The molecule has 1 aromatic carbocycles. The molecule has 1 aromatic heterocycles. The van der Waals surface area contributed by atoms with Crippen molar-refractivity contribution in [1.82, 2.24) is 9.55 Å². The van der Waals surface area contributed by atoms with Gasteiger partial charge in [0.25, 0.3) is 0 Å². The van der Waals surface area contributed by atoms with E-state index >= 15 is 0 Å². The molecule has 2 rings (SSSR count). The van der Waals surface area contributed by atoms with Crippen LogP contribution < -0.4 is 0 Å². The molecule has 0 radical (unpaired) electrons. The molecule has 0 atom stereocenters. The number of aromatic nitrogens is 2. The third kappa shape index (κ3) is 1.22. The standard InChI is InChI=1S/C11H14N2/c1-8(2)13-7-12-11-9(3)5-4-6-10(11)13/h4-8H,1-3H3. The van der Waals surface area contributed by atoms with Crippen molar-refractivity contribution in [3.63, 3.8) is 0 Å². The van der Waals surface area contributed by atoms with Gasteiger partial charge in [-0.3, -0.25) is 0 Å². The molecule has 2 aromatic rings. The molecule has 2 heteroatoms. The number of imidazole rings is 1. The summed E-state index contributed by atoms with van der Waals surface area (Å²) in [6.45, 7) is 6.44. The highest BCUT2D eigenvalue weighted by Gasteiger charge is 2.05. The zero-order chi connectivity index (χ0) is 9.42. The van der Waals surface area contributed by atoms with E-state index in [1.54, 1.807) is 0 Å². The van der Waals surface area contributed by atoms with Gasteiger partial charge in [0.1, 0.15) is 0 Å². The fraction of sp³-hybridized carbons (Fsp3) is 0.364. The van der Waals surface area contributed by atoms with Gasteiger partial charge in [0, 0.05) is 6.04 Å². The van der Waals surface area contributed by atoms with E-state index < -0.39 is 0 Å². The molecule has 0 spiro atoms. The van der Waals surface area contributed by atoms with Crippen LogP contribution in [0.2, 0.25) is 0 Å². The van der Waals surface area contributed by atoms with Crippen molar-refractivity contribution in [2.24, 2.45) is 0 Å². The molecule has 0 N–H and O–H groups in total. The van der Waals surface area contributed by atoms with Crippen LogP contribution in [0.4, 0.5) is 0 Å². The number of aryl methyl sites for hydroxylation is 1. The zero-order valence-corrected chi connectivity index (χ0v) is 8.28. The normalized spacial score (nSPS) is 11.4. The Hall–Kier alpha value is -1.31. The molecule has 0 aliphatic carbocycles. The number of hydrogen-bond acceptors (Lipinski definition) is 1. The van der Waals surface area contributed by atoms with E-state index in [4.69, 9.17) is 0 Å². The van der Waals surface area contributed by atoms with Crippen molar-refractivity contribution in [3.8, 4) is 0 Å². The van der Waals surface area contributed by atoms with Crippen LogP contribution >= 0.6 is 0 Å². The third-order valence-electron chi connectivity index (χ3n) is 2.36. The largest absolute Gasteiger partial charge is 0.328 e. The molecule has 0 saturated carbocycles. The Labute approximate surface area is 78.2 Å². The maximum Gasteiger partial charge on any atom is 0.0960 e. The van der Waals surface area contributed by atoms with Gasteiger partial charge in [-0.1, -0.05) is 12.1 Å². The van der Waals surface area contributed by atoms with E-state index in [1.165, 1.54) is 11.1 Å². The van der Waals surface area contributed by atoms with Crippen LogP contribution in [-0.2, 0) is 0 Å². The highest BCUT2D eigenvalue weighted by Crippen LogP contribution is 2.19. The van der Waals surface area contributed by atoms with Gasteiger partial charge < -0.3 is 4.57 Å². The Morgan fingerprint density at radius 3 is 2.77 bits per heavy atom. The summed E-state index contributed by atoms with van der Waals surface area (Å²) in [4.78, 5) is 4.40. The Bertz CT molecular complexity index is 427. The minimum atomic E-state index is 0.479. The summed E-state index contributed by atoms with van der Waals surface area (Å²) in [5.74, 6) is 0. The van der Waals surface area contributed by atoms with Crippen LogP contribution in [0.1, 0.15) is 25.5 Å². The smallest absolute Gasteiger partial charge is 0.0960 e. The molecule has 0 unspecified atom stereocenters. The lowest BCUT2D eigenvalue weighted by Crippen LogP contribution is -1.97. The first-order chi connectivity index (χ1) is 6.20. The molecule has 0 saturated heterocycles. The van der Waals surface area contributed by atoms with E-state index in [1.807, 2.05) is 6.33 Å². The summed E-state index contributed by atoms with van der Waals surface area (Å²) in [7, 11) is 0. The lowest BCUT2D eigenvalue weighted by molar-refractivity contribution is 0.617. The van der Waals surface area contributed by atoms with Gasteiger partial charge in [0.05, 0.1) is 17.4 Å². The monoisotopic (exact) mass is 174 g/mol. The van der Waals surface area contributed by atoms with Crippen LogP contribution in [0.25, 0.3) is 11.0 Å². The van der Waals surface area contributed by atoms with Crippen LogP contribution in [-0.4, -0.2) is 9.55 Å². The van der Waals surface area contributed by atoms with Crippen molar-refractivity contribution < 1.29 is 0 Å². The molecule has 13 heavy (non-hydrogen) atoms. The summed E-state index contributed by atoms with van der Waals surface area (Å²) < 4.78 is 2.20. The Morgan fingerprint density at radius 1 is 1.31 bits per heavy atom. The Morgan fingerprint density at radius 2 is 2.08 bits per heavy atom. The maximum absolute atomic E-state index is 4.40. The predicted molar refractivity (Wildman–Crippen MR) is 54.9 cm³/mol. The van der Waals surface area contributed by atoms with E-state index in [0.29, 0.717) is 6.04 Å². The van der Waals surface area contributed by atoms with Crippen molar-refractivity contribution in [1.29, 1.82) is 0 Å². The van der Waals surface area contributed by atoms with Crippen LogP contribution in [0.15, 0.2) is 24.5 Å². The third-order valence-corrected chi connectivity index (χ3v) is 2.36. The summed E-state index contributed by atoms with van der Waals surface area (Å²) in [5, 5.41) is 0. The molecular formula is C11H14N2. The van der Waals surface area contributed by atoms with E-state index in [2.05, 4.69) is 48.5 Å². The van der Waals surface area contributed by atoms with Gasteiger partial charge in [0.2, 0.25) is 0 Å². The predicted octanol–water partition coefficient (Wildman–Crippen LogP) is 2.93. The van der Waals surface area contributed by atoms with E-state index in [0.717, 1.165) is 5.52 Å². The number of hydrogen-bond donors (Lipinski definition) is 0. The van der Waals surface area contributed by atoms with Gasteiger partial charge >= 0.3 is 0 Å². The van der Waals surface area contributed by atoms with E-state index in [-0.39, 0.29) is 0 Å². The SMILES string of the molecule is Cc1cccc2c1ncn2C(C)C. The quantitative estimate of drug-likeness (QED) is 0.650. The second kappa shape index (κ2) is 2.87.